The molecular formula is C30H31N5O3S. The molecule has 0 spiro atoms. The van der Waals surface area contributed by atoms with Crippen molar-refractivity contribution in [2.45, 2.75) is 25.9 Å². The molecule has 0 bridgehead atoms. The number of carbonyl (C=O) groups is 1. The first-order chi connectivity index (χ1) is 18.9. The third kappa shape index (κ3) is 5.23. The minimum absolute atomic E-state index is 0.0646. The van der Waals surface area contributed by atoms with Crippen molar-refractivity contribution in [1.29, 1.82) is 0 Å². The summed E-state index contributed by atoms with van der Waals surface area (Å²) in [5.74, 6) is 0.263. The van der Waals surface area contributed by atoms with E-state index in [2.05, 4.69) is 69.4 Å². The molecule has 1 aliphatic heterocycles. The topological polar surface area (TPSA) is 80.7 Å². The van der Waals surface area contributed by atoms with E-state index < -0.39 is 0 Å². The van der Waals surface area contributed by atoms with Gasteiger partial charge in [-0.25, -0.2) is 0 Å². The summed E-state index contributed by atoms with van der Waals surface area (Å²) in [7, 11) is 3.05. The van der Waals surface area contributed by atoms with Crippen LogP contribution in [0.15, 0.2) is 79.1 Å². The molecule has 1 fully saturated rings. The average Bonchev–Trinajstić information content (AvgIpc) is 3.55. The number of anilines is 2. The van der Waals surface area contributed by atoms with E-state index in [1.807, 2.05) is 42.5 Å². The lowest BCUT2D eigenvalue weighted by Crippen LogP contribution is -2.30. The van der Waals surface area contributed by atoms with Crippen LogP contribution in [0.3, 0.4) is 0 Å². The highest BCUT2D eigenvalue weighted by Gasteiger charge is 2.42. The summed E-state index contributed by atoms with van der Waals surface area (Å²) in [4.78, 5) is 19.1. The number of aryl methyl sites for hydroxylation is 2. The Morgan fingerprint density at radius 3 is 2.56 bits per heavy atom. The van der Waals surface area contributed by atoms with Crippen LogP contribution in [0.2, 0.25) is 0 Å². The van der Waals surface area contributed by atoms with E-state index in [0.29, 0.717) is 16.5 Å². The smallest absolute Gasteiger partial charge is 0.250 e. The lowest BCUT2D eigenvalue weighted by Gasteiger charge is -2.29. The molecule has 5 rings (SSSR count). The number of nitrogens with one attached hydrogen (secondary N) is 2. The maximum absolute atomic E-state index is 12.4. The van der Waals surface area contributed by atoms with Gasteiger partial charge in [0.05, 0.1) is 24.5 Å². The molecule has 2 aromatic heterocycles. The Balaban J connectivity index is 1.63. The number of hydrogen-bond donors (Lipinski definition) is 2. The minimum atomic E-state index is -0.276. The molecule has 1 aliphatic rings. The van der Waals surface area contributed by atoms with E-state index in [-0.39, 0.29) is 24.6 Å². The summed E-state index contributed by atoms with van der Waals surface area (Å²) >= 11 is 5.92. The molecule has 3 heterocycles. The van der Waals surface area contributed by atoms with E-state index in [9.17, 15) is 4.79 Å². The molecule has 4 aromatic rings. The Labute approximate surface area is 233 Å². The molecule has 0 unspecified atom stereocenters. The van der Waals surface area contributed by atoms with Gasteiger partial charge in [-0.05, 0) is 91.8 Å². The Hall–Kier alpha value is -4.21. The van der Waals surface area contributed by atoms with Crippen LogP contribution in [0.5, 0.6) is 5.75 Å². The maximum Gasteiger partial charge on any atom is 0.250 e. The molecule has 8 nitrogen and oxygen atoms in total. The van der Waals surface area contributed by atoms with Gasteiger partial charge in [-0.1, -0.05) is 12.1 Å². The molecule has 1 saturated heterocycles. The minimum Gasteiger partial charge on any atom is -0.495 e. The van der Waals surface area contributed by atoms with Gasteiger partial charge in [0, 0.05) is 36.6 Å². The number of aromatic nitrogens is 2. The fourth-order valence-electron chi connectivity index (χ4n) is 4.94. The van der Waals surface area contributed by atoms with Gasteiger partial charge in [-0.15, -0.1) is 0 Å². The normalized spacial score (nSPS) is 16.7. The Bertz CT molecular complexity index is 1500. The predicted molar refractivity (Wildman–Crippen MR) is 157 cm³/mol. The first-order valence-corrected chi connectivity index (χ1v) is 13.0. The highest BCUT2D eigenvalue weighted by molar-refractivity contribution is 7.80. The number of hydrogen-bond acceptors (Lipinski definition) is 5. The summed E-state index contributed by atoms with van der Waals surface area (Å²) in [6.07, 6.45) is 3.86. The number of ether oxygens (including phenoxy) is 2. The Kier molecular flexibility index (Phi) is 7.63. The highest BCUT2D eigenvalue weighted by Crippen LogP contribution is 2.43. The standard InChI is InChI=1S/C30H31N5O3S/c1-19-10-11-21(16-20(19)2)34-15-7-9-25(34)29-28(23-8-5-6-14-31-23)33-30(39)35(29)22-12-13-26(38-4)24(17-22)32-27(36)18-37-3/h5-17,28-29H,18H2,1-4H3,(H,32,36)(H,33,39)/t28-,29+/m0/s1. The molecular weight excluding hydrogens is 510 g/mol. The third-order valence-electron chi connectivity index (χ3n) is 6.96. The van der Waals surface area contributed by atoms with Gasteiger partial charge in [0.1, 0.15) is 18.4 Å². The van der Waals surface area contributed by atoms with Crippen LogP contribution >= 0.6 is 12.2 Å². The lowest BCUT2D eigenvalue weighted by molar-refractivity contribution is -0.119. The number of benzene rings is 2. The molecule has 0 aliphatic carbocycles. The van der Waals surface area contributed by atoms with Crippen LogP contribution in [-0.4, -0.2) is 41.4 Å². The predicted octanol–water partition coefficient (Wildman–Crippen LogP) is 5.26. The number of carbonyl (C=O) groups excluding carboxylic acids is 1. The molecule has 0 radical (unpaired) electrons. The number of amides is 1. The van der Waals surface area contributed by atoms with Gasteiger partial charge in [0.25, 0.3) is 0 Å². The zero-order valence-corrected chi connectivity index (χ0v) is 23.2. The molecule has 2 N–H and O–H groups in total. The Morgan fingerprint density at radius 2 is 1.85 bits per heavy atom. The fourth-order valence-corrected chi connectivity index (χ4v) is 5.29. The molecule has 9 heteroatoms. The highest BCUT2D eigenvalue weighted by atomic mass is 32.1. The summed E-state index contributed by atoms with van der Waals surface area (Å²) in [5, 5.41) is 6.95. The van der Waals surface area contributed by atoms with Crippen LogP contribution < -0.4 is 20.3 Å². The largest absolute Gasteiger partial charge is 0.495 e. The van der Waals surface area contributed by atoms with Crippen LogP contribution in [0, 0.1) is 13.8 Å². The molecule has 39 heavy (non-hydrogen) atoms. The summed E-state index contributed by atoms with van der Waals surface area (Å²) in [6.45, 7) is 4.17. The third-order valence-corrected chi connectivity index (χ3v) is 7.28. The van der Waals surface area contributed by atoms with Crippen LogP contribution in [0.25, 0.3) is 5.69 Å². The molecule has 1 amide bonds. The molecule has 200 valence electrons. The molecule has 2 atom stereocenters. The SMILES string of the molecule is COCC(=O)Nc1cc(N2C(=S)N[C@@H](c3ccccn3)[C@H]2c2cccn2-c2ccc(C)c(C)c2)ccc1OC. The van der Waals surface area contributed by atoms with Crippen LogP contribution in [-0.2, 0) is 9.53 Å². The quantitative estimate of drug-likeness (QED) is 0.295. The summed E-state index contributed by atoms with van der Waals surface area (Å²) in [5.41, 5.74) is 6.78. The summed E-state index contributed by atoms with van der Waals surface area (Å²) < 4.78 is 12.7. The summed E-state index contributed by atoms with van der Waals surface area (Å²) in [6, 6.07) is 21.7. The monoisotopic (exact) mass is 541 g/mol. The number of pyridine rings is 1. The van der Waals surface area contributed by atoms with Crippen molar-refractivity contribution in [1.82, 2.24) is 14.9 Å². The first-order valence-electron chi connectivity index (χ1n) is 12.6. The van der Waals surface area contributed by atoms with Crippen molar-refractivity contribution in [3.63, 3.8) is 0 Å². The van der Waals surface area contributed by atoms with E-state index in [4.69, 9.17) is 21.7 Å². The van der Waals surface area contributed by atoms with Gasteiger partial charge in [0.2, 0.25) is 5.91 Å². The first kappa shape index (κ1) is 26.4. The zero-order chi connectivity index (χ0) is 27.5. The number of thiocarbonyl (C=S) groups is 1. The Morgan fingerprint density at radius 1 is 1.03 bits per heavy atom. The zero-order valence-electron chi connectivity index (χ0n) is 22.3. The second-order valence-corrected chi connectivity index (χ2v) is 9.82. The van der Waals surface area contributed by atoms with E-state index in [1.54, 1.807) is 13.3 Å². The van der Waals surface area contributed by atoms with E-state index in [0.717, 1.165) is 22.8 Å². The molecule has 0 saturated carbocycles. The maximum atomic E-state index is 12.4. The van der Waals surface area contributed by atoms with Gasteiger partial charge in [-0.3, -0.25) is 9.78 Å². The van der Waals surface area contributed by atoms with Crippen molar-refractivity contribution in [2.24, 2.45) is 0 Å². The van der Waals surface area contributed by atoms with Gasteiger partial charge >= 0.3 is 0 Å². The van der Waals surface area contributed by atoms with E-state index >= 15 is 0 Å². The molecule has 2 aromatic carbocycles. The number of methoxy groups -OCH3 is 2. The van der Waals surface area contributed by atoms with Gasteiger partial charge in [-0.2, -0.15) is 0 Å². The van der Waals surface area contributed by atoms with Gasteiger partial charge in [0.15, 0.2) is 5.11 Å². The van der Waals surface area contributed by atoms with Crippen molar-refractivity contribution in [3.05, 3.63) is 102 Å². The fraction of sp³-hybridized carbons (Fsp3) is 0.233. The van der Waals surface area contributed by atoms with Crippen molar-refractivity contribution < 1.29 is 14.3 Å². The number of nitrogens with zero attached hydrogens (tertiary/aromatic N) is 3. The lowest BCUT2D eigenvalue weighted by atomic mass is 10.0. The van der Waals surface area contributed by atoms with Crippen molar-refractivity contribution >= 4 is 34.6 Å². The van der Waals surface area contributed by atoms with Crippen molar-refractivity contribution in [2.75, 3.05) is 31.0 Å². The number of rotatable bonds is 8. The van der Waals surface area contributed by atoms with Crippen LogP contribution in [0.1, 0.15) is 34.6 Å². The van der Waals surface area contributed by atoms with Gasteiger partial charge < -0.3 is 29.6 Å². The van der Waals surface area contributed by atoms with Crippen molar-refractivity contribution in [3.8, 4) is 11.4 Å². The van der Waals surface area contributed by atoms with Crippen LogP contribution in [0.4, 0.5) is 11.4 Å². The average molecular weight is 542 g/mol. The van der Waals surface area contributed by atoms with E-state index in [1.165, 1.54) is 18.2 Å². The second-order valence-electron chi connectivity index (χ2n) is 9.43. The second kappa shape index (κ2) is 11.3.